The zero-order valence-corrected chi connectivity index (χ0v) is 9.80. The van der Waals surface area contributed by atoms with Crippen molar-refractivity contribution in [3.8, 4) is 0 Å². The quantitative estimate of drug-likeness (QED) is 0.616. The standard InChI is InChI=1S/C11H17N3O3/c1-13-8-5-14(11(17)12-6-2-3-6)4-7(8)9(15)10(13)16/h6-9,15H,2-5H2,1H3,(H,12,17)/t7-,8+,9-/m0/s1. The Balaban J connectivity index is 1.65. The van der Waals surface area contributed by atoms with Gasteiger partial charge in [-0.25, -0.2) is 4.79 Å². The second kappa shape index (κ2) is 3.60. The van der Waals surface area contributed by atoms with Crippen LogP contribution in [0, 0.1) is 5.92 Å². The van der Waals surface area contributed by atoms with Crippen LogP contribution in [0.25, 0.3) is 0 Å². The van der Waals surface area contributed by atoms with Gasteiger partial charge < -0.3 is 20.2 Å². The second-order valence-electron chi connectivity index (χ2n) is 5.25. The summed E-state index contributed by atoms with van der Waals surface area (Å²) < 4.78 is 0. The molecule has 17 heavy (non-hydrogen) atoms. The van der Waals surface area contributed by atoms with E-state index >= 15 is 0 Å². The fourth-order valence-electron chi connectivity index (χ4n) is 2.75. The summed E-state index contributed by atoms with van der Waals surface area (Å²) in [5, 5.41) is 12.7. The van der Waals surface area contributed by atoms with Crippen molar-refractivity contribution in [3.63, 3.8) is 0 Å². The normalized spacial score (nSPS) is 36.4. The average molecular weight is 239 g/mol. The van der Waals surface area contributed by atoms with Crippen molar-refractivity contribution in [2.75, 3.05) is 20.1 Å². The number of fused-ring (bicyclic) bond motifs is 1. The Morgan fingerprint density at radius 3 is 2.71 bits per heavy atom. The molecule has 0 spiro atoms. The molecule has 3 aliphatic rings. The monoisotopic (exact) mass is 239 g/mol. The topological polar surface area (TPSA) is 72.9 Å². The van der Waals surface area contributed by atoms with Crippen LogP contribution in [0.1, 0.15) is 12.8 Å². The lowest BCUT2D eigenvalue weighted by atomic mass is 10.0. The number of carbonyl (C=O) groups excluding carboxylic acids is 2. The minimum Gasteiger partial charge on any atom is -0.383 e. The molecule has 1 aliphatic carbocycles. The summed E-state index contributed by atoms with van der Waals surface area (Å²) in [5.74, 6) is -0.347. The molecule has 0 unspecified atom stereocenters. The molecule has 2 N–H and O–H groups in total. The molecule has 2 heterocycles. The molecule has 0 aromatic carbocycles. The Kier molecular flexibility index (Phi) is 2.29. The molecule has 3 fully saturated rings. The molecule has 0 aromatic heterocycles. The zero-order chi connectivity index (χ0) is 12.2. The highest BCUT2D eigenvalue weighted by Crippen LogP contribution is 2.31. The van der Waals surface area contributed by atoms with E-state index in [1.165, 1.54) is 0 Å². The van der Waals surface area contributed by atoms with Crippen LogP contribution in [-0.4, -0.2) is 65.2 Å². The lowest BCUT2D eigenvalue weighted by Gasteiger charge is -2.21. The predicted molar refractivity (Wildman–Crippen MR) is 59.2 cm³/mol. The van der Waals surface area contributed by atoms with Gasteiger partial charge in [-0.15, -0.1) is 0 Å². The van der Waals surface area contributed by atoms with Crippen molar-refractivity contribution in [3.05, 3.63) is 0 Å². The molecular formula is C11H17N3O3. The minimum atomic E-state index is -0.941. The smallest absolute Gasteiger partial charge is 0.317 e. The second-order valence-corrected chi connectivity index (χ2v) is 5.25. The maximum atomic E-state index is 11.9. The lowest BCUT2D eigenvalue weighted by molar-refractivity contribution is -0.135. The van der Waals surface area contributed by atoms with Crippen molar-refractivity contribution in [1.29, 1.82) is 0 Å². The van der Waals surface area contributed by atoms with Crippen LogP contribution in [0.3, 0.4) is 0 Å². The Labute approximate surface area is 99.6 Å². The fraction of sp³-hybridized carbons (Fsp3) is 0.818. The molecule has 0 bridgehead atoms. The van der Waals surface area contributed by atoms with Gasteiger partial charge in [0, 0.05) is 32.1 Å². The number of aliphatic hydroxyl groups is 1. The van der Waals surface area contributed by atoms with E-state index < -0.39 is 6.10 Å². The Bertz CT molecular complexity index is 349. The van der Waals surface area contributed by atoms with E-state index in [1.807, 2.05) is 0 Å². The molecule has 94 valence electrons. The molecule has 2 saturated heterocycles. The minimum absolute atomic E-state index is 0.0255. The first-order valence-electron chi connectivity index (χ1n) is 6.08. The SMILES string of the molecule is CN1C(=O)[C@@H](O)[C@H]2CN(C(=O)NC3CC3)C[C@H]21. The predicted octanol–water partition coefficient (Wildman–Crippen LogP) is -1.01. The van der Waals surface area contributed by atoms with Crippen LogP contribution in [0.5, 0.6) is 0 Å². The van der Waals surface area contributed by atoms with Crippen LogP contribution >= 0.6 is 0 Å². The molecule has 1 saturated carbocycles. The van der Waals surface area contributed by atoms with Gasteiger partial charge in [0.2, 0.25) is 0 Å². The van der Waals surface area contributed by atoms with Gasteiger partial charge in [-0.3, -0.25) is 4.79 Å². The molecule has 6 nitrogen and oxygen atoms in total. The van der Waals surface area contributed by atoms with Gasteiger partial charge in [0.25, 0.3) is 5.91 Å². The molecule has 2 aliphatic heterocycles. The van der Waals surface area contributed by atoms with Crippen molar-refractivity contribution in [1.82, 2.24) is 15.1 Å². The van der Waals surface area contributed by atoms with Crippen molar-refractivity contribution in [2.24, 2.45) is 5.92 Å². The molecule has 6 heteroatoms. The number of rotatable bonds is 1. The number of likely N-dealkylation sites (tertiary alicyclic amines) is 2. The summed E-state index contributed by atoms with van der Waals surface area (Å²) in [4.78, 5) is 26.7. The zero-order valence-electron chi connectivity index (χ0n) is 9.80. The van der Waals surface area contributed by atoms with Gasteiger partial charge >= 0.3 is 6.03 Å². The Hall–Kier alpha value is -1.30. The first kappa shape index (κ1) is 10.8. The van der Waals surface area contributed by atoms with Gasteiger partial charge in [0.15, 0.2) is 0 Å². The summed E-state index contributed by atoms with van der Waals surface area (Å²) in [5.41, 5.74) is 0. The highest BCUT2D eigenvalue weighted by Gasteiger charge is 2.51. The van der Waals surface area contributed by atoms with Crippen LogP contribution < -0.4 is 5.32 Å². The lowest BCUT2D eigenvalue weighted by Crippen LogP contribution is -2.43. The molecule has 0 aromatic rings. The summed E-state index contributed by atoms with van der Waals surface area (Å²) in [6.45, 7) is 1.00. The summed E-state index contributed by atoms with van der Waals surface area (Å²) >= 11 is 0. The van der Waals surface area contributed by atoms with E-state index in [4.69, 9.17) is 0 Å². The van der Waals surface area contributed by atoms with Crippen molar-refractivity contribution >= 4 is 11.9 Å². The number of urea groups is 1. The molecule has 3 atom stereocenters. The van der Waals surface area contributed by atoms with E-state index in [1.54, 1.807) is 16.8 Å². The highest BCUT2D eigenvalue weighted by atomic mass is 16.3. The van der Waals surface area contributed by atoms with E-state index in [2.05, 4.69) is 5.32 Å². The first-order chi connectivity index (χ1) is 8.08. The Morgan fingerprint density at radius 2 is 2.12 bits per heavy atom. The summed E-state index contributed by atoms with van der Waals surface area (Å²) in [6.07, 6.45) is 1.18. The number of nitrogens with one attached hydrogen (secondary N) is 1. The maximum Gasteiger partial charge on any atom is 0.317 e. The van der Waals surface area contributed by atoms with Crippen LogP contribution in [0.15, 0.2) is 0 Å². The average Bonchev–Trinajstić information content (AvgIpc) is 2.96. The number of aliphatic hydroxyl groups excluding tert-OH is 1. The number of likely N-dealkylation sites (N-methyl/N-ethyl adjacent to an activating group) is 1. The van der Waals surface area contributed by atoms with E-state index in [0.29, 0.717) is 19.1 Å². The third-order valence-electron chi connectivity index (χ3n) is 4.03. The third-order valence-corrected chi connectivity index (χ3v) is 4.03. The van der Waals surface area contributed by atoms with E-state index in [-0.39, 0.29) is 23.9 Å². The van der Waals surface area contributed by atoms with Gasteiger partial charge in [0.05, 0.1) is 6.04 Å². The third kappa shape index (κ3) is 1.67. The Morgan fingerprint density at radius 1 is 1.41 bits per heavy atom. The molecule has 3 amide bonds. The largest absolute Gasteiger partial charge is 0.383 e. The summed E-state index contributed by atoms with van der Waals surface area (Å²) in [7, 11) is 1.69. The van der Waals surface area contributed by atoms with Crippen LogP contribution in [0.4, 0.5) is 4.79 Å². The number of nitrogens with zero attached hydrogens (tertiary/aromatic N) is 2. The van der Waals surface area contributed by atoms with Gasteiger partial charge in [-0.1, -0.05) is 0 Å². The van der Waals surface area contributed by atoms with Gasteiger partial charge in [0.1, 0.15) is 6.10 Å². The van der Waals surface area contributed by atoms with Crippen molar-refractivity contribution in [2.45, 2.75) is 31.0 Å². The number of carbonyl (C=O) groups is 2. The van der Waals surface area contributed by atoms with Crippen molar-refractivity contribution < 1.29 is 14.7 Å². The van der Waals surface area contributed by atoms with Gasteiger partial charge in [-0.05, 0) is 12.8 Å². The highest BCUT2D eigenvalue weighted by molar-refractivity contribution is 5.85. The van der Waals surface area contributed by atoms with Gasteiger partial charge in [-0.2, -0.15) is 0 Å². The number of amides is 3. The van der Waals surface area contributed by atoms with Crippen LogP contribution in [-0.2, 0) is 4.79 Å². The first-order valence-corrected chi connectivity index (χ1v) is 6.08. The maximum absolute atomic E-state index is 11.9. The van der Waals surface area contributed by atoms with E-state index in [0.717, 1.165) is 12.8 Å². The molecular weight excluding hydrogens is 222 g/mol. The summed E-state index contributed by atoms with van der Waals surface area (Å²) in [6, 6.07) is 0.254. The number of hydrogen-bond donors (Lipinski definition) is 2. The number of hydrogen-bond acceptors (Lipinski definition) is 3. The fourth-order valence-corrected chi connectivity index (χ4v) is 2.75. The van der Waals surface area contributed by atoms with Crippen LogP contribution in [0.2, 0.25) is 0 Å². The molecule has 0 radical (unpaired) electrons. The van der Waals surface area contributed by atoms with E-state index in [9.17, 15) is 14.7 Å². The molecule has 3 rings (SSSR count).